The van der Waals surface area contributed by atoms with E-state index in [1.165, 1.54) is 36.0 Å². The molecule has 0 radical (unpaired) electrons. The fourth-order valence-corrected chi connectivity index (χ4v) is 3.35. The third-order valence-corrected chi connectivity index (χ3v) is 4.91. The Morgan fingerprint density at radius 2 is 1.56 bits per heavy atom. The van der Waals surface area contributed by atoms with Crippen LogP contribution in [0.1, 0.15) is 59.4 Å². The average Bonchev–Trinajstić information content (AvgIpc) is 3.00. The minimum absolute atomic E-state index is 0.795. The Labute approximate surface area is 157 Å². The quantitative estimate of drug-likeness (QED) is 0.478. The molecule has 2 fully saturated rings. The molecule has 0 nitrogen and oxygen atoms in total. The molecule has 0 aromatic heterocycles. The van der Waals surface area contributed by atoms with Gasteiger partial charge in [-0.25, -0.2) is 0 Å². The molecule has 1 aromatic carbocycles. The van der Waals surface area contributed by atoms with Crippen LogP contribution >= 0.6 is 0 Å². The van der Waals surface area contributed by atoms with Crippen LogP contribution in [-0.4, -0.2) is 0 Å². The Bertz CT molecular complexity index is 508. The normalized spacial score (nSPS) is 26.2. The molecule has 25 heavy (non-hydrogen) atoms. The number of aryl methyl sites for hydroxylation is 1. The molecule has 0 heteroatoms. The zero-order chi connectivity index (χ0) is 19.4. The molecule has 0 spiro atoms. The summed E-state index contributed by atoms with van der Waals surface area (Å²) in [4.78, 5) is 0. The van der Waals surface area contributed by atoms with Crippen LogP contribution in [0, 0.1) is 30.6 Å². The van der Waals surface area contributed by atoms with E-state index in [1.54, 1.807) is 6.08 Å². The van der Waals surface area contributed by atoms with Gasteiger partial charge in [-0.3, -0.25) is 0 Å². The SMILES string of the molecule is C=C1CC(C)CC1CC1C(=C)C1C.C=CC.CC.Cc1ccccc1. The molecule has 0 aliphatic heterocycles. The van der Waals surface area contributed by atoms with E-state index in [0.717, 1.165) is 23.7 Å². The number of hydrogen-bond donors (Lipinski definition) is 0. The summed E-state index contributed by atoms with van der Waals surface area (Å²) in [6, 6.07) is 10.3. The zero-order valence-corrected chi connectivity index (χ0v) is 17.5. The van der Waals surface area contributed by atoms with Crippen LogP contribution in [0.15, 0.2) is 67.3 Å². The third-order valence-electron chi connectivity index (χ3n) is 4.91. The van der Waals surface area contributed by atoms with Gasteiger partial charge in [0, 0.05) is 0 Å². The van der Waals surface area contributed by atoms with Crippen molar-refractivity contribution in [1.82, 2.24) is 0 Å². The predicted molar refractivity (Wildman–Crippen MR) is 116 cm³/mol. The minimum atomic E-state index is 0.795. The molecular weight excluding hydrogens is 300 g/mol. The zero-order valence-electron chi connectivity index (χ0n) is 17.5. The highest BCUT2D eigenvalue weighted by Gasteiger charge is 2.41. The number of rotatable bonds is 2. The molecule has 2 aliphatic carbocycles. The van der Waals surface area contributed by atoms with Gasteiger partial charge in [0.05, 0.1) is 0 Å². The average molecular weight is 341 g/mol. The number of allylic oxidation sites excluding steroid dienone is 3. The second-order valence-corrected chi connectivity index (χ2v) is 7.17. The summed E-state index contributed by atoms with van der Waals surface area (Å²) in [6.45, 7) is 24.2. The molecule has 0 bridgehead atoms. The van der Waals surface area contributed by atoms with Crippen molar-refractivity contribution in [1.29, 1.82) is 0 Å². The van der Waals surface area contributed by atoms with Crippen molar-refractivity contribution < 1.29 is 0 Å². The van der Waals surface area contributed by atoms with E-state index in [-0.39, 0.29) is 0 Å². The van der Waals surface area contributed by atoms with E-state index < -0.39 is 0 Å². The Hall–Kier alpha value is -1.56. The van der Waals surface area contributed by atoms with Gasteiger partial charge in [-0.15, -0.1) is 6.58 Å². The molecule has 1 aromatic rings. The van der Waals surface area contributed by atoms with Crippen LogP contribution in [0.5, 0.6) is 0 Å². The Kier molecular flexibility index (Phi) is 12.0. The Balaban J connectivity index is 0.000000406. The van der Waals surface area contributed by atoms with Crippen LogP contribution in [-0.2, 0) is 0 Å². The van der Waals surface area contributed by atoms with Crippen LogP contribution in [0.3, 0.4) is 0 Å². The fourth-order valence-electron chi connectivity index (χ4n) is 3.35. The second kappa shape index (κ2) is 12.8. The van der Waals surface area contributed by atoms with Crippen molar-refractivity contribution in [2.24, 2.45) is 23.7 Å². The van der Waals surface area contributed by atoms with E-state index in [4.69, 9.17) is 0 Å². The van der Waals surface area contributed by atoms with Crippen molar-refractivity contribution in [3.05, 3.63) is 72.9 Å². The van der Waals surface area contributed by atoms with E-state index >= 15 is 0 Å². The number of hydrogen-bond acceptors (Lipinski definition) is 0. The molecule has 4 unspecified atom stereocenters. The van der Waals surface area contributed by atoms with Crippen LogP contribution < -0.4 is 0 Å². The predicted octanol–water partition coefficient (Wildman–Crippen LogP) is 8.01. The van der Waals surface area contributed by atoms with E-state index in [1.807, 2.05) is 39.0 Å². The molecule has 140 valence electrons. The van der Waals surface area contributed by atoms with Gasteiger partial charge >= 0.3 is 0 Å². The molecule has 2 saturated carbocycles. The summed E-state index contributed by atoms with van der Waals surface area (Å²) in [5, 5.41) is 0. The van der Waals surface area contributed by atoms with Gasteiger partial charge < -0.3 is 0 Å². The van der Waals surface area contributed by atoms with Crippen LogP contribution in [0.25, 0.3) is 0 Å². The van der Waals surface area contributed by atoms with Gasteiger partial charge in [-0.1, -0.05) is 94.0 Å². The lowest BCUT2D eigenvalue weighted by atomic mass is 9.96. The summed E-state index contributed by atoms with van der Waals surface area (Å²) in [5.41, 5.74) is 4.30. The molecule has 2 aliphatic rings. The lowest BCUT2D eigenvalue weighted by Gasteiger charge is -2.09. The first kappa shape index (κ1) is 23.4. The van der Waals surface area contributed by atoms with Crippen molar-refractivity contribution in [2.75, 3.05) is 0 Å². The summed E-state index contributed by atoms with van der Waals surface area (Å²) in [6.07, 6.45) is 5.72. The highest BCUT2D eigenvalue weighted by atomic mass is 14.5. The molecule has 3 rings (SSSR count). The molecular formula is C25H40. The Morgan fingerprint density at radius 3 is 1.84 bits per heavy atom. The van der Waals surface area contributed by atoms with Gasteiger partial charge in [0.2, 0.25) is 0 Å². The minimum Gasteiger partial charge on any atom is -0.103 e. The Morgan fingerprint density at radius 1 is 1.08 bits per heavy atom. The van der Waals surface area contributed by atoms with Gasteiger partial charge in [0.1, 0.15) is 0 Å². The van der Waals surface area contributed by atoms with Crippen LogP contribution in [0.2, 0.25) is 0 Å². The monoisotopic (exact) mass is 340 g/mol. The topological polar surface area (TPSA) is 0 Å². The van der Waals surface area contributed by atoms with Crippen molar-refractivity contribution in [3.63, 3.8) is 0 Å². The van der Waals surface area contributed by atoms with E-state index in [0.29, 0.717) is 0 Å². The number of benzene rings is 1. The van der Waals surface area contributed by atoms with Crippen molar-refractivity contribution in [2.45, 2.75) is 60.8 Å². The van der Waals surface area contributed by atoms with Crippen LogP contribution in [0.4, 0.5) is 0 Å². The summed E-state index contributed by atoms with van der Waals surface area (Å²) >= 11 is 0. The van der Waals surface area contributed by atoms with Gasteiger partial charge in [0.25, 0.3) is 0 Å². The first-order chi connectivity index (χ1) is 11.9. The lowest BCUT2D eigenvalue weighted by molar-refractivity contribution is 0.477. The van der Waals surface area contributed by atoms with Gasteiger partial charge in [0.15, 0.2) is 0 Å². The summed E-state index contributed by atoms with van der Waals surface area (Å²) in [7, 11) is 0. The maximum atomic E-state index is 4.19. The molecule has 0 amide bonds. The van der Waals surface area contributed by atoms with Crippen molar-refractivity contribution in [3.8, 4) is 0 Å². The maximum Gasteiger partial charge on any atom is -0.0134 e. The van der Waals surface area contributed by atoms with Crippen molar-refractivity contribution >= 4 is 0 Å². The van der Waals surface area contributed by atoms with E-state index in [9.17, 15) is 0 Å². The first-order valence-corrected chi connectivity index (χ1v) is 9.85. The summed E-state index contributed by atoms with van der Waals surface area (Å²) < 4.78 is 0. The largest absolute Gasteiger partial charge is 0.103 e. The first-order valence-electron chi connectivity index (χ1n) is 9.85. The fraction of sp³-hybridized carbons (Fsp3) is 0.520. The molecule has 0 N–H and O–H groups in total. The highest BCUT2D eigenvalue weighted by Crippen LogP contribution is 2.51. The van der Waals surface area contributed by atoms with Gasteiger partial charge in [-0.05, 0) is 56.8 Å². The molecule has 0 saturated heterocycles. The third kappa shape index (κ3) is 8.91. The highest BCUT2D eigenvalue weighted by molar-refractivity contribution is 5.26. The standard InChI is InChI=1S/C13H20.C7H8.C3H6.C2H6/c1-8-5-9(2)12(6-8)7-13-10(3)11(13)4;1-7-5-3-2-4-6-7;1-3-2;1-2/h8,11-13H,2-3,5-7H2,1,4H3;2-6H,1H3;3H,1H2,2H3;1-2H3. The molecule has 0 heterocycles. The van der Waals surface area contributed by atoms with Gasteiger partial charge in [-0.2, -0.15) is 0 Å². The summed E-state index contributed by atoms with van der Waals surface area (Å²) in [5.74, 6) is 3.30. The maximum absolute atomic E-state index is 4.19. The smallest absolute Gasteiger partial charge is 0.0134 e. The second-order valence-electron chi connectivity index (χ2n) is 7.17. The van der Waals surface area contributed by atoms with E-state index in [2.05, 4.69) is 52.6 Å². The lowest BCUT2D eigenvalue weighted by Crippen LogP contribution is -1.98. The molecule has 4 atom stereocenters.